The Balaban J connectivity index is 1.61. The van der Waals surface area contributed by atoms with Crippen molar-refractivity contribution >= 4 is 27.6 Å². The van der Waals surface area contributed by atoms with Crippen LogP contribution in [-0.4, -0.2) is 29.0 Å². The molecule has 2 aliphatic rings. The van der Waals surface area contributed by atoms with Crippen LogP contribution in [0.15, 0.2) is 83.1 Å². The van der Waals surface area contributed by atoms with E-state index < -0.39 is 0 Å². The van der Waals surface area contributed by atoms with Gasteiger partial charge in [0.1, 0.15) is 24.2 Å². The van der Waals surface area contributed by atoms with Crippen LogP contribution >= 0.6 is 15.9 Å². The molecule has 170 valence electrons. The lowest BCUT2D eigenvalue weighted by Crippen LogP contribution is -2.32. The van der Waals surface area contributed by atoms with Crippen LogP contribution in [-0.2, 0) is 0 Å². The zero-order valence-corrected chi connectivity index (χ0v) is 20.1. The molecule has 0 aliphatic carbocycles. The first kappa shape index (κ1) is 20.8. The first-order chi connectivity index (χ1) is 16.7. The number of nitrogens with one attached hydrogen (secondary N) is 1. The van der Waals surface area contributed by atoms with Crippen LogP contribution < -0.4 is 19.5 Å². The zero-order chi connectivity index (χ0) is 23.2. The summed E-state index contributed by atoms with van der Waals surface area (Å²) in [6.45, 7) is 0. The number of hydrogen-bond acceptors (Lipinski definition) is 6. The van der Waals surface area contributed by atoms with Crippen LogP contribution in [0.25, 0.3) is 5.70 Å². The summed E-state index contributed by atoms with van der Waals surface area (Å²) in [5, 5.41) is 8.10. The van der Waals surface area contributed by atoms with Crippen LogP contribution in [0.3, 0.4) is 0 Å². The summed E-state index contributed by atoms with van der Waals surface area (Å²) in [4.78, 5) is 4.49. The fourth-order valence-corrected chi connectivity index (χ4v) is 4.94. The molecule has 8 heteroatoms. The summed E-state index contributed by atoms with van der Waals surface area (Å²) >= 11 is 3.55. The topological polar surface area (TPSA) is 70.4 Å². The van der Waals surface area contributed by atoms with Crippen LogP contribution in [0.1, 0.15) is 28.8 Å². The second-order valence-electron chi connectivity index (χ2n) is 8.05. The molecule has 2 atom stereocenters. The van der Waals surface area contributed by atoms with Gasteiger partial charge in [0.25, 0.3) is 0 Å². The quantitative estimate of drug-likeness (QED) is 0.379. The third kappa shape index (κ3) is 3.25. The summed E-state index contributed by atoms with van der Waals surface area (Å²) in [5.41, 5.74) is 5.05. The molecular formula is C26H21BrN4O3. The van der Waals surface area contributed by atoms with Gasteiger partial charge in [-0.2, -0.15) is 10.1 Å². The lowest BCUT2D eigenvalue weighted by molar-refractivity contribution is 0.223. The molecule has 0 fully saturated rings. The highest BCUT2D eigenvalue weighted by molar-refractivity contribution is 9.10. The molecule has 2 aliphatic heterocycles. The van der Waals surface area contributed by atoms with Gasteiger partial charge in [-0.25, -0.2) is 4.68 Å². The van der Waals surface area contributed by atoms with E-state index in [4.69, 9.17) is 14.2 Å². The number of hydrogen-bond donors (Lipinski definition) is 1. The molecule has 0 amide bonds. The Kier molecular flexibility index (Phi) is 5.03. The fraction of sp³-hybridized carbons (Fsp3) is 0.154. The smallest absolute Gasteiger partial charge is 0.226 e. The average Bonchev–Trinajstić information content (AvgIpc) is 3.35. The van der Waals surface area contributed by atoms with Crippen molar-refractivity contribution in [3.8, 4) is 17.2 Å². The third-order valence-electron chi connectivity index (χ3n) is 6.22. The highest BCUT2D eigenvalue weighted by atomic mass is 79.9. The van der Waals surface area contributed by atoms with E-state index in [1.807, 2.05) is 53.2 Å². The molecule has 7 nitrogen and oxygen atoms in total. The maximum absolute atomic E-state index is 6.64. The Bertz CT molecular complexity index is 1410. The maximum atomic E-state index is 6.64. The van der Waals surface area contributed by atoms with Crippen molar-refractivity contribution in [1.82, 2.24) is 14.8 Å². The second kappa shape index (κ2) is 8.22. The van der Waals surface area contributed by atoms with Gasteiger partial charge >= 0.3 is 0 Å². The molecule has 0 bridgehead atoms. The zero-order valence-electron chi connectivity index (χ0n) is 18.5. The van der Waals surface area contributed by atoms with E-state index in [-0.39, 0.29) is 12.1 Å². The normalized spacial score (nSPS) is 18.2. The van der Waals surface area contributed by atoms with Gasteiger partial charge in [0.05, 0.1) is 19.9 Å². The molecular weight excluding hydrogens is 496 g/mol. The summed E-state index contributed by atoms with van der Waals surface area (Å²) < 4.78 is 20.6. The van der Waals surface area contributed by atoms with Crippen molar-refractivity contribution < 1.29 is 14.2 Å². The molecule has 1 aromatic heterocycles. The number of methoxy groups -OCH3 is 2. The first-order valence-corrected chi connectivity index (χ1v) is 11.6. The van der Waals surface area contributed by atoms with Crippen LogP contribution in [0, 0.1) is 0 Å². The van der Waals surface area contributed by atoms with Gasteiger partial charge in [-0.15, -0.1) is 0 Å². The Morgan fingerprint density at radius 2 is 1.71 bits per heavy atom. The Hall–Kier alpha value is -3.78. The number of anilines is 1. The molecule has 0 spiro atoms. The van der Waals surface area contributed by atoms with Gasteiger partial charge in [0.15, 0.2) is 11.5 Å². The Morgan fingerprint density at radius 3 is 2.50 bits per heavy atom. The summed E-state index contributed by atoms with van der Waals surface area (Å²) in [6.07, 6.45) is 1.23. The van der Waals surface area contributed by atoms with Gasteiger partial charge in [-0.1, -0.05) is 46.3 Å². The molecule has 0 saturated heterocycles. The van der Waals surface area contributed by atoms with Crippen molar-refractivity contribution in [1.29, 1.82) is 0 Å². The van der Waals surface area contributed by atoms with Gasteiger partial charge in [-0.05, 0) is 47.5 Å². The van der Waals surface area contributed by atoms with Gasteiger partial charge in [0, 0.05) is 15.6 Å². The second-order valence-corrected chi connectivity index (χ2v) is 8.96. The number of para-hydroxylation sites is 1. The monoisotopic (exact) mass is 516 g/mol. The number of ether oxygens (including phenoxy) is 3. The lowest BCUT2D eigenvalue weighted by atomic mass is 9.84. The SMILES string of the molecule is COc1ccc([C@H]2C3=C(Nc4ncnn42)c2ccccc2O[C@H]3c2ccc(Br)cc2)cc1OC. The third-order valence-corrected chi connectivity index (χ3v) is 6.75. The lowest BCUT2D eigenvalue weighted by Gasteiger charge is -2.39. The summed E-state index contributed by atoms with van der Waals surface area (Å²) in [7, 11) is 3.27. The maximum Gasteiger partial charge on any atom is 0.226 e. The first-order valence-electron chi connectivity index (χ1n) is 10.8. The minimum absolute atomic E-state index is 0.268. The van der Waals surface area contributed by atoms with E-state index in [1.165, 1.54) is 0 Å². The van der Waals surface area contributed by atoms with Crippen LogP contribution in [0.4, 0.5) is 5.95 Å². The molecule has 6 rings (SSSR count). The van der Waals surface area contributed by atoms with Crippen LogP contribution in [0.2, 0.25) is 0 Å². The number of rotatable bonds is 4. The van der Waals surface area contributed by atoms with E-state index >= 15 is 0 Å². The molecule has 0 radical (unpaired) electrons. The summed E-state index contributed by atoms with van der Waals surface area (Å²) in [6, 6.07) is 21.9. The standard InChI is InChI=1S/C26H21BrN4O3/c1-32-20-12-9-16(13-21(20)33-2)24-22-23(30-26-28-14-29-31(24)26)18-5-3-4-6-19(18)34-25(22)15-7-10-17(27)11-8-15/h3-14,24-25H,1-2H3,(H,28,29,30)/t24-,25-/m0/s1. The molecule has 1 N–H and O–H groups in total. The molecule has 0 unspecified atom stereocenters. The Morgan fingerprint density at radius 1 is 0.941 bits per heavy atom. The molecule has 3 aromatic carbocycles. The summed E-state index contributed by atoms with van der Waals surface area (Å²) in [5.74, 6) is 2.81. The predicted molar refractivity (Wildman–Crippen MR) is 132 cm³/mol. The largest absolute Gasteiger partial charge is 0.493 e. The van der Waals surface area contributed by atoms with Gasteiger partial charge in [-0.3, -0.25) is 0 Å². The van der Waals surface area contributed by atoms with Gasteiger partial charge < -0.3 is 19.5 Å². The number of nitrogens with zero attached hydrogens (tertiary/aromatic N) is 3. The fourth-order valence-electron chi connectivity index (χ4n) is 4.67. The van der Waals surface area contributed by atoms with Crippen LogP contribution in [0.5, 0.6) is 17.2 Å². The number of halogens is 1. The van der Waals surface area contributed by atoms with E-state index in [0.29, 0.717) is 17.4 Å². The molecule has 3 heterocycles. The molecule has 4 aromatic rings. The number of aromatic nitrogens is 3. The predicted octanol–water partition coefficient (Wildman–Crippen LogP) is 5.62. The Labute approximate surface area is 205 Å². The molecule has 0 saturated carbocycles. The highest BCUT2D eigenvalue weighted by Crippen LogP contribution is 2.51. The number of benzene rings is 3. The number of fused-ring (bicyclic) bond motifs is 3. The van der Waals surface area contributed by atoms with Crippen molar-refractivity contribution in [2.24, 2.45) is 0 Å². The van der Waals surface area contributed by atoms with E-state index in [9.17, 15) is 0 Å². The average molecular weight is 517 g/mol. The highest BCUT2D eigenvalue weighted by Gasteiger charge is 2.41. The van der Waals surface area contributed by atoms with Crippen molar-refractivity contribution in [2.75, 3.05) is 19.5 Å². The van der Waals surface area contributed by atoms with Crippen molar-refractivity contribution in [2.45, 2.75) is 12.1 Å². The van der Waals surface area contributed by atoms with E-state index in [0.717, 1.165) is 38.2 Å². The minimum atomic E-state index is -0.332. The minimum Gasteiger partial charge on any atom is -0.493 e. The van der Waals surface area contributed by atoms with Crippen molar-refractivity contribution in [3.05, 3.63) is 99.8 Å². The van der Waals surface area contributed by atoms with E-state index in [2.05, 4.69) is 49.5 Å². The van der Waals surface area contributed by atoms with Gasteiger partial charge in [0.2, 0.25) is 5.95 Å². The molecule has 34 heavy (non-hydrogen) atoms. The van der Waals surface area contributed by atoms with E-state index in [1.54, 1.807) is 20.5 Å². The van der Waals surface area contributed by atoms with Crippen molar-refractivity contribution in [3.63, 3.8) is 0 Å².